The largest absolute Gasteiger partial charge is 0.550 e. The van der Waals surface area contributed by atoms with E-state index in [4.69, 9.17) is 0 Å². The summed E-state index contributed by atoms with van der Waals surface area (Å²) in [5, 5.41) is 20.7. The monoisotopic (exact) mass is 201 g/mol. The van der Waals surface area contributed by atoms with E-state index in [0.29, 0.717) is 10.9 Å². The number of carboxylic acid groups (broad SMARTS) is 1. The molecular weight excluding hydrogens is 182 g/mol. The van der Waals surface area contributed by atoms with Crippen molar-refractivity contribution >= 4 is 5.97 Å². The lowest BCUT2D eigenvalue weighted by atomic mass is 9.82. The van der Waals surface area contributed by atoms with Gasteiger partial charge < -0.3 is 19.5 Å². The average Bonchev–Trinajstić information content (AvgIpc) is 2.01. The van der Waals surface area contributed by atoms with Crippen molar-refractivity contribution in [2.75, 3.05) is 21.1 Å². The van der Waals surface area contributed by atoms with Gasteiger partial charge in [0.15, 0.2) is 0 Å². The Bertz CT molecular complexity index is 222. The first-order chi connectivity index (χ1) is 6.34. The molecule has 1 aliphatic rings. The van der Waals surface area contributed by atoms with Crippen molar-refractivity contribution in [2.24, 2.45) is 5.92 Å². The lowest BCUT2D eigenvalue weighted by Crippen LogP contribution is -2.58. The van der Waals surface area contributed by atoms with Crippen LogP contribution in [0.3, 0.4) is 0 Å². The van der Waals surface area contributed by atoms with Gasteiger partial charge in [0.05, 0.1) is 21.1 Å². The summed E-state index contributed by atoms with van der Waals surface area (Å²) >= 11 is 0. The van der Waals surface area contributed by atoms with Crippen molar-refractivity contribution in [3.8, 4) is 0 Å². The predicted molar refractivity (Wildman–Crippen MR) is 50.2 cm³/mol. The van der Waals surface area contributed by atoms with Crippen LogP contribution in [-0.4, -0.2) is 48.8 Å². The fourth-order valence-electron chi connectivity index (χ4n) is 2.26. The minimum absolute atomic E-state index is 0.00616. The molecule has 1 N–H and O–H groups in total. The van der Waals surface area contributed by atoms with Crippen molar-refractivity contribution in [3.05, 3.63) is 0 Å². The molecule has 0 saturated heterocycles. The summed E-state index contributed by atoms with van der Waals surface area (Å²) in [5.41, 5.74) is 0. The van der Waals surface area contributed by atoms with Gasteiger partial charge in [0, 0.05) is 18.3 Å². The zero-order chi connectivity index (χ0) is 10.9. The normalized spacial score (nSPS) is 34.1. The van der Waals surface area contributed by atoms with Gasteiger partial charge in [-0.15, -0.1) is 0 Å². The Balaban J connectivity index is 2.76. The summed E-state index contributed by atoms with van der Waals surface area (Å²) in [5.74, 6) is -1.80. The van der Waals surface area contributed by atoms with E-state index in [2.05, 4.69) is 0 Å². The Morgan fingerprint density at radius 3 is 2.36 bits per heavy atom. The molecule has 0 unspecified atom stereocenters. The number of hydrogen-bond acceptors (Lipinski definition) is 3. The van der Waals surface area contributed by atoms with Crippen molar-refractivity contribution < 1.29 is 19.5 Å². The van der Waals surface area contributed by atoms with E-state index in [9.17, 15) is 15.0 Å². The number of carboxylic acids is 1. The Labute approximate surface area is 84.7 Å². The van der Waals surface area contributed by atoms with Crippen molar-refractivity contribution in [3.63, 3.8) is 0 Å². The average molecular weight is 201 g/mol. The molecular formula is C10H19NO3. The highest BCUT2D eigenvalue weighted by atomic mass is 16.4. The zero-order valence-corrected chi connectivity index (χ0v) is 9.06. The molecule has 82 valence electrons. The smallest absolute Gasteiger partial charge is 0.115 e. The van der Waals surface area contributed by atoms with E-state index in [1.165, 1.54) is 0 Å². The van der Waals surface area contributed by atoms with E-state index >= 15 is 0 Å². The molecule has 0 radical (unpaired) electrons. The van der Waals surface area contributed by atoms with Gasteiger partial charge in [-0.3, -0.25) is 0 Å². The summed E-state index contributed by atoms with van der Waals surface area (Å²) in [4.78, 5) is 10.8. The molecule has 0 bridgehead atoms. The number of likely N-dealkylation sites (N-methyl/N-ethyl adjacent to an activating group) is 1. The highest BCUT2D eigenvalue weighted by Gasteiger charge is 2.39. The third kappa shape index (κ3) is 2.25. The number of aliphatic hydroxyl groups is 1. The molecule has 0 spiro atoms. The summed E-state index contributed by atoms with van der Waals surface area (Å²) in [7, 11) is 5.93. The van der Waals surface area contributed by atoms with E-state index in [1.807, 2.05) is 21.1 Å². The number of nitrogens with zero attached hydrogens (tertiary/aromatic N) is 1. The Kier molecular flexibility index (Phi) is 3.17. The van der Waals surface area contributed by atoms with E-state index in [0.717, 1.165) is 12.8 Å². The van der Waals surface area contributed by atoms with Crippen LogP contribution in [0.2, 0.25) is 0 Å². The van der Waals surface area contributed by atoms with Gasteiger partial charge in [-0.2, -0.15) is 0 Å². The van der Waals surface area contributed by atoms with E-state index in [-0.39, 0.29) is 6.04 Å². The molecule has 3 atom stereocenters. The molecule has 14 heavy (non-hydrogen) atoms. The van der Waals surface area contributed by atoms with Crippen LogP contribution in [0, 0.1) is 5.92 Å². The summed E-state index contributed by atoms with van der Waals surface area (Å²) < 4.78 is 0.602. The molecule has 1 saturated carbocycles. The predicted octanol–water partition coefficient (Wildman–Crippen LogP) is -1.03. The first kappa shape index (κ1) is 11.5. The second-order valence-corrected chi connectivity index (χ2v) is 5.03. The number of aliphatic carboxylic acids is 1. The second kappa shape index (κ2) is 3.87. The summed E-state index contributed by atoms with van der Waals surface area (Å²) in [6.45, 7) is 0. The molecule has 1 fully saturated rings. The second-order valence-electron chi connectivity index (χ2n) is 5.03. The van der Waals surface area contributed by atoms with Crippen LogP contribution in [0.25, 0.3) is 0 Å². The standard InChI is InChI=1S/C10H19NO3/c1-11(2,3)8-6-4-5-7(9(8)12)10(13)14/h7-9,12H,4-6H2,1-3H3/t7-,8+,9+/m1/s1. The third-order valence-electron chi connectivity index (χ3n) is 3.12. The highest BCUT2D eigenvalue weighted by molar-refractivity contribution is 5.68. The van der Waals surface area contributed by atoms with E-state index in [1.54, 1.807) is 0 Å². The number of quaternary nitrogens is 1. The number of hydrogen-bond donors (Lipinski definition) is 1. The van der Waals surface area contributed by atoms with Crippen molar-refractivity contribution in [1.29, 1.82) is 0 Å². The maximum Gasteiger partial charge on any atom is 0.115 e. The minimum atomic E-state index is -1.12. The fraction of sp³-hybridized carbons (Fsp3) is 0.900. The number of aliphatic hydroxyl groups excluding tert-OH is 1. The lowest BCUT2D eigenvalue weighted by Gasteiger charge is -2.43. The van der Waals surface area contributed by atoms with Gasteiger partial charge in [0.1, 0.15) is 12.1 Å². The Morgan fingerprint density at radius 2 is 1.93 bits per heavy atom. The zero-order valence-electron chi connectivity index (χ0n) is 9.06. The number of carbonyl (C=O) groups excluding carboxylic acids is 1. The first-order valence-electron chi connectivity index (χ1n) is 5.04. The van der Waals surface area contributed by atoms with Crippen LogP contribution in [-0.2, 0) is 4.79 Å². The maximum atomic E-state index is 10.8. The van der Waals surface area contributed by atoms with Crippen LogP contribution >= 0.6 is 0 Å². The Hall–Kier alpha value is -0.610. The van der Waals surface area contributed by atoms with Gasteiger partial charge in [0.25, 0.3) is 0 Å². The Morgan fingerprint density at radius 1 is 1.36 bits per heavy atom. The molecule has 0 aliphatic heterocycles. The van der Waals surface area contributed by atoms with Gasteiger partial charge in [-0.05, 0) is 12.8 Å². The molecule has 1 rings (SSSR count). The molecule has 0 aromatic carbocycles. The molecule has 4 heteroatoms. The SMILES string of the molecule is C[N+](C)(C)[C@H]1CCC[C@@H](C(=O)[O-])[C@@H]1O. The van der Waals surface area contributed by atoms with Crippen LogP contribution in [0.15, 0.2) is 0 Å². The van der Waals surface area contributed by atoms with Crippen molar-refractivity contribution in [2.45, 2.75) is 31.4 Å². The van der Waals surface area contributed by atoms with E-state index < -0.39 is 18.0 Å². The molecule has 1 aliphatic carbocycles. The molecule has 0 aromatic heterocycles. The highest BCUT2D eigenvalue weighted by Crippen LogP contribution is 2.29. The third-order valence-corrected chi connectivity index (χ3v) is 3.12. The molecule has 0 heterocycles. The van der Waals surface area contributed by atoms with Gasteiger partial charge >= 0.3 is 0 Å². The lowest BCUT2D eigenvalue weighted by molar-refractivity contribution is -0.901. The molecule has 0 amide bonds. The van der Waals surface area contributed by atoms with Crippen molar-refractivity contribution in [1.82, 2.24) is 0 Å². The number of rotatable bonds is 2. The molecule has 0 aromatic rings. The molecule has 4 nitrogen and oxygen atoms in total. The maximum absolute atomic E-state index is 10.8. The van der Waals surface area contributed by atoms with Gasteiger partial charge in [0.2, 0.25) is 0 Å². The van der Waals surface area contributed by atoms with Crippen LogP contribution in [0.4, 0.5) is 0 Å². The quantitative estimate of drug-likeness (QED) is 0.581. The topological polar surface area (TPSA) is 60.4 Å². The summed E-state index contributed by atoms with van der Waals surface area (Å²) in [6, 6.07) is 0.00616. The van der Waals surface area contributed by atoms with Crippen LogP contribution in [0.5, 0.6) is 0 Å². The van der Waals surface area contributed by atoms with Gasteiger partial charge in [-0.1, -0.05) is 0 Å². The fourth-order valence-corrected chi connectivity index (χ4v) is 2.26. The first-order valence-corrected chi connectivity index (χ1v) is 5.04. The summed E-state index contributed by atoms with van der Waals surface area (Å²) in [6.07, 6.45) is 1.51. The minimum Gasteiger partial charge on any atom is -0.550 e. The number of carbonyl (C=O) groups is 1. The van der Waals surface area contributed by atoms with Gasteiger partial charge in [-0.25, -0.2) is 0 Å². The van der Waals surface area contributed by atoms with Crippen LogP contribution in [0.1, 0.15) is 19.3 Å². The van der Waals surface area contributed by atoms with Crippen LogP contribution < -0.4 is 5.11 Å².